The van der Waals surface area contributed by atoms with Crippen molar-refractivity contribution in [3.05, 3.63) is 22.2 Å². The van der Waals surface area contributed by atoms with Crippen molar-refractivity contribution in [3.63, 3.8) is 0 Å². The molecule has 0 aromatic heterocycles. The van der Waals surface area contributed by atoms with E-state index in [1.807, 2.05) is 6.07 Å². The zero-order valence-corrected chi connectivity index (χ0v) is 13.1. The molecule has 0 amide bonds. The Hall–Kier alpha value is -0.740. The molecule has 20 heavy (non-hydrogen) atoms. The van der Waals surface area contributed by atoms with Gasteiger partial charge in [0.1, 0.15) is 0 Å². The zero-order chi connectivity index (χ0) is 13.5. The smallest absolute Gasteiger partial charge is 0.231 e. The quantitative estimate of drug-likeness (QED) is 0.858. The maximum atomic E-state index is 5.45. The second kappa shape index (κ2) is 5.23. The molecule has 3 aliphatic rings. The number of ether oxygens (including phenoxy) is 2. The number of benzene rings is 1. The highest BCUT2D eigenvalue weighted by atomic mass is 79.9. The fourth-order valence-corrected chi connectivity index (χ4v) is 3.70. The summed E-state index contributed by atoms with van der Waals surface area (Å²) in [4.78, 5) is 0. The van der Waals surface area contributed by atoms with Gasteiger partial charge in [0.05, 0.1) is 0 Å². The van der Waals surface area contributed by atoms with Gasteiger partial charge in [-0.1, -0.05) is 15.9 Å². The van der Waals surface area contributed by atoms with E-state index in [0.29, 0.717) is 6.79 Å². The Balaban J connectivity index is 1.37. The molecule has 0 spiro atoms. The maximum absolute atomic E-state index is 5.45. The van der Waals surface area contributed by atoms with E-state index >= 15 is 0 Å². The summed E-state index contributed by atoms with van der Waals surface area (Å²) < 4.78 is 11.9. The summed E-state index contributed by atoms with van der Waals surface area (Å²) in [6, 6.07) is 4.10. The number of nitrogens with one attached hydrogen (secondary N) is 1. The predicted octanol–water partition coefficient (Wildman–Crippen LogP) is 3.70. The van der Waals surface area contributed by atoms with Crippen molar-refractivity contribution in [2.75, 3.05) is 13.3 Å². The molecule has 1 heterocycles. The highest BCUT2D eigenvalue weighted by molar-refractivity contribution is 9.10. The van der Waals surface area contributed by atoms with Crippen molar-refractivity contribution >= 4 is 15.9 Å². The van der Waals surface area contributed by atoms with E-state index in [1.165, 1.54) is 31.2 Å². The fourth-order valence-electron chi connectivity index (χ4n) is 3.24. The van der Waals surface area contributed by atoms with Gasteiger partial charge in [0.15, 0.2) is 11.5 Å². The van der Waals surface area contributed by atoms with Gasteiger partial charge in [0, 0.05) is 11.0 Å². The molecule has 3 nitrogen and oxygen atoms in total. The minimum atomic E-state index is 0.337. The summed E-state index contributed by atoms with van der Waals surface area (Å²) in [5.74, 6) is 4.65. The van der Waals surface area contributed by atoms with Crippen LogP contribution in [-0.4, -0.2) is 13.3 Å². The Bertz CT molecular complexity index is 499. The van der Waals surface area contributed by atoms with E-state index in [-0.39, 0.29) is 0 Å². The van der Waals surface area contributed by atoms with Crippen LogP contribution in [0.25, 0.3) is 0 Å². The lowest BCUT2D eigenvalue weighted by molar-refractivity contribution is 0.174. The van der Waals surface area contributed by atoms with Crippen molar-refractivity contribution in [2.24, 2.45) is 17.8 Å². The topological polar surface area (TPSA) is 30.5 Å². The molecule has 108 valence electrons. The summed E-state index contributed by atoms with van der Waals surface area (Å²) in [6.45, 7) is 2.40. The highest BCUT2D eigenvalue weighted by Gasteiger charge is 2.40. The minimum absolute atomic E-state index is 0.337. The van der Waals surface area contributed by atoms with Gasteiger partial charge in [-0.2, -0.15) is 0 Å². The number of rotatable bonds is 6. The van der Waals surface area contributed by atoms with Gasteiger partial charge in [-0.3, -0.25) is 0 Å². The first-order valence-corrected chi connectivity index (χ1v) is 8.39. The molecule has 1 aromatic carbocycles. The van der Waals surface area contributed by atoms with E-state index in [9.17, 15) is 0 Å². The normalized spacial score (nSPS) is 20.7. The number of halogens is 1. The number of hydrogen-bond donors (Lipinski definition) is 1. The number of hydrogen-bond acceptors (Lipinski definition) is 3. The molecule has 4 heteroatoms. The van der Waals surface area contributed by atoms with Crippen molar-refractivity contribution in [3.8, 4) is 11.5 Å². The van der Waals surface area contributed by atoms with Crippen LogP contribution in [-0.2, 0) is 6.54 Å². The average molecular weight is 338 g/mol. The molecule has 0 radical (unpaired) electrons. The van der Waals surface area contributed by atoms with Crippen LogP contribution in [0.1, 0.15) is 31.2 Å². The van der Waals surface area contributed by atoms with E-state index in [2.05, 4.69) is 27.3 Å². The fraction of sp³-hybridized carbons (Fsp3) is 0.625. The standard InChI is InChI=1S/C16H20BrNO2/c17-14-6-16-15(19-9-20-16)5-12(14)7-18-8-13(10-1-2-10)11-3-4-11/h5-6,10-11,13,18H,1-4,7-9H2. The van der Waals surface area contributed by atoms with Crippen LogP contribution in [0.15, 0.2) is 16.6 Å². The lowest BCUT2D eigenvalue weighted by atomic mass is 9.98. The molecule has 1 aliphatic heterocycles. The predicted molar refractivity (Wildman–Crippen MR) is 80.9 cm³/mol. The van der Waals surface area contributed by atoms with Gasteiger partial charge in [-0.25, -0.2) is 0 Å². The van der Waals surface area contributed by atoms with Crippen molar-refractivity contribution in [2.45, 2.75) is 32.2 Å². The van der Waals surface area contributed by atoms with Gasteiger partial charge in [0.25, 0.3) is 0 Å². The lowest BCUT2D eigenvalue weighted by Crippen LogP contribution is -2.25. The Labute approximate surface area is 128 Å². The molecule has 1 aromatic rings. The van der Waals surface area contributed by atoms with Gasteiger partial charge in [0.2, 0.25) is 6.79 Å². The third-order valence-corrected chi connectivity index (χ3v) is 5.43. The molecular weight excluding hydrogens is 318 g/mol. The summed E-state index contributed by atoms with van der Waals surface area (Å²) in [5, 5.41) is 3.65. The molecular formula is C16H20BrNO2. The van der Waals surface area contributed by atoms with Gasteiger partial charge < -0.3 is 14.8 Å². The molecule has 0 atom stereocenters. The SMILES string of the molecule is Brc1cc2c(cc1CNCC(C1CC1)C1CC1)OCO2. The Morgan fingerprint density at radius 3 is 2.40 bits per heavy atom. The molecule has 2 fully saturated rings. The Morgan fingerprint density at radius 1 is 1.10 bits per heavy atom. The summed E-state index contributed by atoms with van der Waals surface area (Å²) >= 11 is 3.62. The summed E-state index contributed by atoms with van der Waals surface area (Å²) in [6.07, 6.45) is 5.82. The molecule has 4 rings (SSSR count). The van der Waals surface area contributed by atoms with Gasteiger partial charge in [-0.05, 0) is 67.7 Å². The summed E-state index contributed by atoms with van der Waals surface area (Å²) in [5.41, 5.74) is 1.25. The van der Waals surface area contributed by atoms with E-state index < -0.39 is 0 Å². The largest absolute Gasteiger partial charge is 0.454 e. The van der Waals surface area contributed by atoms with Crippen LogP contribution >= 0.6 is 15.9 Å². The van der Waals surface area contributed by atoms with Crippen LogP contribution in [0.3, 0.4) is 0 Å². The molecule has 0 bridgehead atoms. The second-order valence-electron chi connectivity index (χ2n) is 6.27. The first-order valence-electron chi connectivity index (χ1n) is 7.60. The monoisotopic (exact) mass is 337 g/mol. The molecule has 0 unspecified atom stereocenters. The van der Waals surface area contributed by atoms with E-state index in [0.717, 1.165) is 46.8 Å². The number of fused-ring (bicyclic) bond motifs is 1. The van der Waals surface area contributed by atoms with Crippen LogP contribution in [0.2, 0.25) is 0 Å². The molecule has 2 aliphatic carbocycles. The first kappa shape index (κ1) is 13.0. The Morgan fingerprint density at radius 2 is 1.75 bits per heavy atom. The molecule has 2 saturated carbocycles. The lowest BCUT2D eigenvalue weighted by Gasteiger charge is -2.16. The molecule has 1 N–H and O–H groups in total. The molecule has 0 saturated heterocycles. The van der Waals surface area contributed by atoms with Crippen LogP contribution < -0.4 is 14.8 Å². The van der Waals surface area contributed by atoms with Crippen molar-refractivity contribution < 1.29 is 9.47 Å². The van der Waals surface area contributed by atoms with Crippen molar-refractivity contribution in [1.82, 2.24) is 5.32 Å². The van der Waals surface area contributed by atoms with E-state index in [1.54, 1.807) is 0 Å². The third kappa shape index (κ3) is 2.68. The first-order chi connectivity index (χ1) is 9.81. The Kier molecular flexibility index (Phi) is 3.39. The maximum Gasteiger partial charge on any atom is 0.231 e. The van der Waals surface area contributed by atoms with Gasteiger partial charge in [-0.15, -0.1) is 0 Å². The second-order valence-corrected chi connectivity index (χ2v) is 7.12. The van der Waals surface area contributed by atoms with Gasteiger partial charge >= 0.3 is 0 Å². The minimum Gasteiger partial charge on any atom is -0.454 e. The van der Waals surface area contributed by atoms with Crippen LogP contribution in [0.4, 0.5) is 0 Å². The summed E-state index contributed by atoms with van der Waals surface area (Å²) in [7, 11) is 0. The highest BCUT2D eigenvalue weighted by Crippen LogP contribution is 2.48. The van der Waals surface area contributed by atoms with E-state index in [4.69, 9.17) is 9.47 Å². The van der Waals surface area contributed by atoms with Crippen LogP contribution in [0, 0.1) is 17.8 Å². The third-order valence-electron chi connectivity index (χ3n) is 4.69. The van der Waals surface area contributed by atoms with Crippen LogP contribution in [0.5, 0.6) is 11.5 Å². The zero-order valence-electron chi connectivity index (χ0n) is 11.5. The average Bonchev–Trinajstić information content (AvgIpc) is 3.34. The van der Waals surface area contributed by atoms with Crippen molar-refractivity contribution in [1.29, 1.82) is 0 Å².